The summed E-state index contributed by atoms with van der Waals surface area (Å²) in [5.41, 5.74) is 0.870. The van der Waals surface area contributed by atoms with Crippen LogP contribution < -0.4 is 10.6 Å². The average Bonchev–Trinajstić information content (AvgIpc) is 2.45. The third-order valence-corrected chi connectivity index (χ3v) is 4.85. The second kappa shape index (κ2) is 9.78. The van der Waals surface area contributed by atoms with Gasteiger partial charge in [0.15, 0.2) is 0 Å². The van der Waals surface area contributed by atoms with Crippen molar-refractivity contribution < 1.29 is 13.2 Å². The molecule has 22 heavy (non-hydrogen) atoms. The van der Waals surface area contributed by atoms with Crippen molar-refractivity contribution in [2.24, 2.45) is 0 Å². The van der Waals surface area contributed by atoms with Crippen molar-refractivity contribution in [3.63, 3.8) is 0 Å². The number of carbonyl (C=O) groups excluding carboxylic acids is 1. The summed E-state index contributed by atoms with van der Waals surface area (Å²) in [6.45, 7) is 1.21. The van der Waals surface area contributed by atoms with Crippen molar-refractivity contribution in [3.05, 3.63) is 29.8 Å². The molecule has 0 fully saturated rings. The molecule has 0 aliphatic carbocycles. The molecule has 6 nitrogen and oxygen atoms in total. The molecule has 0 unspecified atom stereocenters. The number of carbonyl (C=O) groups is 1. The van der Waals surface area contributed by atoms with E-state index in [9.17, 15) is 13.2 Å². The molecule has 0 aliphatic heterocycles. The molecule has 0 aromatic heterocycles. The van der Waals surface area contributed by atoms with E-state index in [2.05, 4.69) is 10.6 Å². The average molecular weight is 350 g/mol. The number of amides is 1. The van der Waals surface area contributed by atoms with Gasteiger partial charge in [-0.1, -0.05) is 12.1 Å². The quantitative estimate of drug-likeness (QED) is 0.686. The van der Waals surface area contributed by atoms with Crippen LogP contribution in [0.1, 0.15) is 18.4 Å². The van der Waals surface area contributed by atoms with Gasteiger partial charge in [-0.15, -0.1) is 12.4 Å². The van der Waals surface area contributed by atoms with Gasteiger partial charge in [-0.25, -0.2) is 12.7 Å². The van der Waals surface area contributed by atoms with E-state index in [1.165, 1.54) is 18.4 Å². The lowest BCUT2D eigenvalue weighted by atomic mass is 10.2. The van der Waals surface area contributed by atoms with Crippen LogP contribution in [-0.2, 0) is 21.4 Å². The van der Waals surface area contributed by atoms with E-state index in [4.69, 9.17) is 0 Å². The number of nitrogens with one attached hydrogen (secondary N) is 2. The Balaban J connectivity index is 0.00000441. The normalized spacial score (nSPS) is 11.1. The number of hydrogen-bond acceptors (Lipinski definition) is 4. The van der Waals surface area contributed by atoms with Crippen LogP contribution in [0.3, 0.4) is 0 Å². The molecule has 2 N–H and O–H groups in total. The van der Waals surface area contributed by atoms with Crippen LogP contribution in [0.2, 0.25) is 0 Å². The second-order valence-corrected chi connectivity index (χ2v) is 7.07. The standard InChI is InChI=1S/C14H23N3O3S.ClH/c1-15-10-4-5-14(18)16-11-12-6-8-13(9-7-12)21(19,20)17(2)3;/h6-9,15H,4-5,10-11H2,1-3H3,(H,16,18);1H. The van der Waals surface area contributed by atoms with E-state index in [1.807, 2.05) is 7.05 Å². The van der Waals surface area contributed by atoms with Crippen molar-refractivity contribution in [2.75, 3.05) is 27.7 Å². The summed E-state index contributed by atoms with van der Waals surface area (Å²) in [6.07, 6.45) is 1.27. The molecule has 0 radical (unpaired) electrons. The highest BCUT2D eigenvalue weighted by Gasteiger charge is 2.16. The van der Waals surface area contributed by atoms with Gasteiger partial charge >= 0.3 is 0 Å². The highest BCUT2D eigenvalue weighted by atomic mass is 35.5. The zero-order valence-electron chi connectivity index (χ0n) is 13.1. The Labute approximate surface area is 138 Å². The minimum absolute atomic E-state index is 0. The predicted molar refractivity (Wildman–Crippen MR) is 89.6 cm³/mol. The van der Waals surface area contributed by atoms with Gasteiger partial charge in [0, 0.05) is 27.1 Å². The summed E-state index contributed by atoms with van der Waals surface area (Å²) in [6, 6.07) is 6.53. The zero-order chi connectivity index (χ0) is 15.9. The molecular formula is C14H24ClN3O3S. The lowest BCUT2D eigenvalue weighted by molar-refractivity contribution is -0.121. The molecule has 0 bridgehead atoms. The third-order valence-electron chi connectivity index (χ3n) is 3.02. The fourth-order valence-electron chi connectivity index (χ4n) is 1.70. The highest BCUT2D eigenvalue weighted by molar-refractivity contribution is 7.89. The number of sulfonamides is 1. The van der Waals surface area contributed by atoms with E-state index in [1.54, 1.807) is 24.3 Å². The van der Waals surface area contributed by atoms with Crippen LogP contribution in [0.4, 0.5) is 0 Å². The van der Waals surface area contributed by atoms with E-state index >= 15 is 0 Å². The number of benzene rings is 1. The SMILES string of the molecule is CNCCCC(=O)NCc1ccc(S(=O)(=O)N(C)C)cc1.Cl. The molecule has 0 saturated heterocycles. The van der Waals surface area contributed by atoms with Crippen molar-refractivity contribution in [1.82, 2.24) is 14.9 Å². The van der Waals surface area contributed by atoms with Crippen LogP contribution in [0.5, 0.6) is 0 Å². The first-order valence-electron chi connectivity index (χ1n) is 6.80. The van der Waals surface area contributed by atoms with Crippen molar-refractivity contribution in [3.8, 4) is 0 Å². The van der Waals surface area contributed by atoms with Gasteiger partial charge < -0.3 is 10.6 Å². The summed E-state index contributed by atoms with van der Waals surface area (Å²) < 4.78 is 25.0. The van der Waals surface area contributed by atoms with Crippen LogP contribution in [0.25, 0.3) is 0 Å². The summed E-state index contributed by atoms with van der Waals surface area (Å²) >= 11 is 0. The zero-order valence-corrected chi connectivity index (χ0v) is 14.8. The molecule has 126 valence electrons. The Morgan fingerprint density at radius 1 is 1.18 bits per heavy atom. The number of halogens is 1. The molecule has 1 aromatic rings. The molecule has 1 amide bonds. The van der Waals surface area contributed by atoms with Gasteiger partial charge in [0.2, 0.25) is 15.9 Å². The predicted octanol–water partition coefficient (Wildman–Crippen LogP) is 0.975. The van der Waals surface area contributed by atoms with Crippen LogP contribution in [-0.4, -0.2) is 46.3 Å². The minimum atomic E-state index is -3.40. The molecule has 1 aromatic carbocycles. The number of hydrogen-bond donors (Lipinski definition) is 2. The Morgan fingerprint density at radius 2 is 1.77 bits per heavy atom. The molecule has 8 heteroatoms. The maximum absolute atomic E-state index is 11.9. The summed E-state index contributed by atoms with van der Waals surface area (Å²) in [5.74, 6) is -0.00441. The van der Waals surface area contributed by atoms with Crippen molar-refractivity contribution in [1.29, 1.82) is 0 Å². The molecule has 0 saturated carbocycles. The maximum atomic E-state index is 11.9. The van der Waals surface area contributed by atoms with E-state index in [0.29, 0.717) is 13.0 Å². The largest absolute Gasteiger partial charge is 0.352 e. The minimum Gasteiger partial charge on any atom is -0.352 e. The smallest absolute Gasteiger partial charge is 0.242 e. The monoisotopic (exact) mass is 349 g/mol. The highest BCUT2D eigenvalue weighted by Crippen LogP contribution is 2.13. The third kappa shape index (κ3) is 6.31. The lowest BCUT2D eigenvalue weighted by Crippen LogP contribution is -2.24. The Bertz CT molecular complexity index is 559. The van der Waals surface area contributed by atoms with Crippen molar-refractivity contribution in [2.45, 2.75) is 24.3 Å². The second-order valence-electron chi connectivity index (χ2n) is 4.92. The summed E-state index contributed by atoms with van der Waals surface area (Å²) in [7, 11) is 1.44. The first-order valence-corrected chi connectivity index (χ1v) is 8.24. The number of nitrogens with zero attached hydrogens (tertiary/aromatic N) is 1. The Kier molecular flexibility index (Phi) is 9.27. The Morgan fingerprint density at radius 3 is 2.27 bits per heavy atom. The fraction of sp³-hybridized carbons (Fsp3) is 0.500. The van der Waals surface area contributed by atoms with Gasteiger partial charge in [-0.2, -0.15) is 0 Å². The van der Waals surface area contributed by atoms with Gasteiger partial charge in [0.05, 0.1) is 4.90 Å². The molecule has 0 atom stereocenters. The van der Waals surface area contributed by atoms with Gasteiger partial charge in [-0.05, 0) is 37.7 Å². The first-order chi connectivity index (χ1) is 9.87. The fourth-order valence-corrected chi connectivity index (χ4v) is 2.61. The molecular weight excluding hydrogens is 326 g/mol. The summed E-state index contributed by atoms with van der Waals surface area (Å²) in [4.78, 5) is 11.8. The molecule has 0 heterocycles. The number of rotatable bonds is 8. The van der Waals surface area contributed by atoms with Gasteiger partial charge in [0.1, 0.15) is 0 Å². The first kappa shape index (κ1) is 20.9. The molecule has 1 rings (SSSR count). The van der Waals surface area contributed by atoms with Crippen molar-refractivity contribution >= 4 is 28.3 Å². The maximum Gasteiger partial charge on any atom is 0.242 e. The molecule has 0 spiro atoms. The van der Waals surface area contributed by atoms with Gasteiger partial charge in [0.25, 0.3) is 0 Å². The van der Waals surface area contributed by atoms with Crippen LogP contribution >= 0.6 is 12.4 Å². The van der Waals surface area contributed by atoms with E-state index < -0.39 is 10.0 Å². The van der Waals surface area contributed by atoms with Crippen LogP contribution in [0, 0.1) is 0 Å². The lowest BCUT2D eigenvalue weighted by Gasteiger charge is -2.12. The topological polar surface area (TPSA) is 78.5 Å². The molecule has 0 aliphatic rings. The van der Waals surface area contributed by atoms with E-state index in [-0.39, 0.29) is 23.2 Å². The van der Waals surface area contributed by atoms with Crippen LogP contribution in [0.15, 0.2) is 29.2 Å². The Hall–Kier alpha value is -1.15. The van der Waals surface area contributed by atoms with Gasteiger partial charge in [-0.3, -0.25) is 4.79 Å². The van der Waals surface area contributed by atoms with E-state index in [0.717, 1.165) is 18.5 Å². The summed E-state index contributed by atoms with van der Waals surface area (Å²) in [5, 5.41) is 5.80.